The van der Waals surface area contributed by atoms with Gasteiger partial charge in [0.1, 0.15) is 11.6 Å². The highest BCUT2D eigenvalue weighted by Crippen LogP contribution is 2.26. The van der Waals surface area contributed by atoms with Crippen molar-refractivity contribution in [3.63, 3.8) is 0 Å². The number of carboxylic acid groups (broad SMARTS) is 1. The Bertz CT molecular complexity index is 740. The van der Waals surface area contributed by atoms with E-state index in [0.717, 1.165) is 0 Å². The Kier molecular flexibility index (Phi) is 4.14. The zero-order valence-electron chi connectivity index (χ0n) is 12.4. The molecule has 6 heteroatoms. The normalized spacial score (nSPS) is 18.0. The van der Waals surface area contributed by atoms with E-state index in [9.17, 15) is 14.0 Å². The Morgan fingerprint density at radius 2 is 2.00 bits per heavy atom. The lowest BCUT2D eigenvalue weighted by atomic mass is 9.98. The number of furan rings is 1. The predicted molar refractivity (Wildman–Crippen MR) is 80.4 cm³/mol. The lowest BCUT2D eigenvalue weighted by molar-refractivity contribution is -0.143. The molecular weight excluding hydrogens is 301 g/mol. The Morgan fingerprint density at radius 1 is 1.22 bits per heavy atom. The van der Waals surface area contributed by atoms with Crippen molar-refractivity contribution in [3.8, 4) is 11.3 Å². The molecule has 1 aliphatic rings. The van der Waals surface area contributed by atoms with Crippen molar-refractivity contribution < 1.29 is 23.5 Å². The van der Waals surface area contributed by atoms with E-state index in [1.165, 1.54) is 17.0 Å². The molecule has 1 saturated heterocycles. The first-order valence-corrected chi connectivity index (χ1v) is 7.43. The summed E-state index contributed by atoms with van der Waals surface area (Å²) in [6.07, 6.45) is 1.21. The molecule has 1 N–H and O–H groups in total. The number of likely N-dealkylation sites (tertiary alicyclic amines) is 1. The van der Waals surface area contributed by atoms with Crippen LogP contribution in [0.15, 0.2) is 40.8 Å². The van der Waals surface area contributed by atoms with Crippen molar-refractivity contribution in [2.45, 2.75) is 12.8 Å². The number of amides is 1. The van der Waals surface area contributed by atoms with Crippen molar-refractivity contribution in [1.82, 2.24) is 4.90 Å². The molecule has 23 heavy (non-hydrogen) atoms. The van der Waals surface area contributed by atoms with Gasteiger partial charge < -0.3 is 14.4 Å². The van der Waals surface area contributed by atoms with Gasteiger partial charge in [-0.05, 0) is 37.1 Å². The van der Waals surface area contributed by atoms with E-state index in [1.54, 1.807) is 24.3 Å². The summed E-state index contributed by atoms with van der Waals surface area (Å²) in [5.41, 5.74) is 0.286. The Balaban J connectivity index is 1.79. The maximum absolute atomic E-state index is 13.8. The number of benzene rings is 1. The molecule has 5 nitrogen and oxygen atoms in total. The number of carbonyl (C=O) groups excluding carboxylic acids is 1. The first-order chi connectivity index (χ1) is 11.1. The fourth-order valence-corrected chi connectivity index (χ4v) is 2.78. The summed E-state index contributed by atoms with van der Waals surface area (Å²) in [7, 11) is 0. The lowest BCUT2D eigenvalue weighted by Gasteiger charge is -2.29. The maximum Gasteiger partial charge on any atom is 0.308 e. The monoisotopic (exact) mass is 317 g/mol. The van der Waals surface area contributed by atoms with Crippen molar-refractivity contribution in [2.75, 3.05) is 13.1 Å². The standard InChI is InChI=1S/C17H16FNO4/c18-13-6-2-1-5-12(13)14-7-8-15(23-14)16(20)19-9-3-4-11(10-19)17(21)22/h1-2,5-8,11H,3-4,9-10H2,(H,21,22)/t11-/m1/s1. The van der Waals surface area contributed by atoms with Crippen molar-refractivity contribution in [1.29, 1.82) is 0 Å². The number of hydrogen-bond donors (Lipinski definition) is 1. The van der Waals surface area contributed by atoms with Crippen LogP contribution in [-0.4, -0.2) is 35.0 Å². The fraction of sp³-hybridized carbons (Fsp3) is 0.294. The van der Waals surface area contributed by atoms with Crippen molar-refractivity contribution in [2.24, 2.45) is 5.92 Å². The van der Waals surface area contributed by atoms with Gasteiger partial charge in [0.25, 0.3) is 5.91 Å². The smallest absolute Gasteiger partial charge is 0.308 e. The molecule has 1 aromatic heterocycles. The van der Waals surface area contributed by atoms with Crippen LogP contribution >= 0.6 is 0 Å². The average molecular weight is 317 g/mol. The second kappa shape index (κ2) is 6.24. The van der Waals surface area contributed by atoms with Gasteiger partial charge in [-0.2, -0.15) is 0 Å². The van der Waals surface area contributed by atoms with E-state index in [-0.39, 0.29) is 29.5 Å². The van der Waals surface area contributed by atoms with Gasteiger partial charge in [0.05, 0.1) is 11.5 Å². The van der Waals surface area contributed by atoms with Crippen LogP contribution in [-0.2, 0) is 4.79 Å². The average Bonchev–Trinajstić information content (AvgIpc) is 3.04. The highest BCUT2D eigenvalue weighted by atomic mass is 19.1. The highest BCUT2D eigenvalue weighted by molar-refractivity contribution is 5.92. The van der Waals surface area contributed by atoms with Gasteiger partial charge in [-0.25, -0.2) is 4.39 Å². The third-order valence-electron chi connectivity index (χ3n) is 4.01. The van der Waals surface area contributed by atoms with Gasteiger partial charge in [-0.1, -0.05) is 12.1 Å². The molecule has 1 amide bonds. The summed E-state index contributed by atoms with van der Waals surface area (Å²) in [4.78, 5) is 25.0. The molecule has 0 saturated carbocycles. The molecule has 2 aromatic rings. The van der Waals surface area contributed by atoms with Crippen LogP contribution < -0.4 is 0 Å². The largest absolute Gasteiger partial charge is 0.481 e. The maximum atomic E-state index is 13.8. The molecule has 0 unspecified atom stereocenters. The first-order valence-electron chi connectivity index (χ1n) is 7.43. The minimum Gasteiger partial charge on any atom is -0.481 e. The Morgan fingerprint density at radius 3 is 2.74 bits per heavy atom. The van der Waals surface area contributed by atoms with E-state index in [1.807, 2.05) is 0 Å². The molecule has 1 aliphatic heterocycles. The van der Waals surface area contributed by atoms with Crippen LogP contribution in [0.4, 0.5) is 4.39 Å². The van der Waals surface area contributed by atoms with Crippen LogP contribution in [0.3, 0.4) is 0 Å². The number of aliphatic carboxylic acids is 1. The van der Waals surface area contributed by atoms with Gasteiger partial charge in [-0.3, -0.25) is 9.59 Å². The zero-order chi connectivity index (χ0) is 16.4. The van der Waals surface area contributed by atoms with Gasteiger partial charge in [0.2, 0.25) is 0 Å². The van der Waals surface area contributed by atoms with Crippen LogP contribution in [0.1, 0.15) is 23.4 Å². The van der Waals surface area contributed by atoms with Crippen molar-refractivity contribution in [3.05, 3.63) is 48.0 Å². The summed E-state index contributed by atoms with van der Waals surface area (Å²) in [6.45, 7) is 0.669. The topological polar surface area (TPSA) is 70.8 Å². The third-order valence-corrected chi connectivity index (χ3v) is 4.01. The van der Waals surface area contributed by atoms with Crippen LogP contribution in [0.5, 0.6) is 0 Å². The zero-order valence-corrected chi connectivity index (χ0v) is 12.4. The van der Waals surface area contributed by atoms with Crippen LogP contribution in [0, 0.1) is 11.7 Å². The summed E-state index contributed by atoms with van der Waals surface area (Å²) in [5.74, 6) is -1.86. The number of carbonyl (C=O) groups is 2. The number of halogens is 1. The molecular formula is C17H16FNO4. The summed E-state index contributed by atoms with van der Waals surface area (Å²) in [6, 6.07) is 9.20. The summed E-state index contributed by atoms with van der Waals surface area (Å²) < 4.78 is 19.2. The summed E-state index contributed by atoms with van der Waals surface area (Å²) in [5, 5.41) is 9.09. The van der Waals surface area contributed by atoms with Gasteiger partial charge >= 0.3 is 5.97 Å². The molecule has 1 aromatic carbocycles. The number of piperidine rings is 1. The number of rotatable bonds is 3. The van der Waals surface area contributed by atoms with E-state index in [4.69, 9.17) is 9.52 Å². The number of hydrogen-bond acceptors (Lipinski definition) is 3. The molecule has 2 heterocycles. The van der Waals surface area contributed by atoms with Gasteiger partial charge in [0.15, 0.2) is 5.76 Å². The predicted octanol–water partition coefficient (Wildman–Crippen LogP) is 3.02. The first kappa shape index (κ1) is 15.3. The van der Waals surface area contributed by atoms with E-state index in [2.05, 4.69) is 0 Å². The minimum atomic E-state index is -0.894. The number of carboxylic acids is 1. The quantitative estimate of drug-likeness (QED) is 0.944. The van der Waals surface area contributed by atoms with Crippen LogP contribution in [0.25, 0.3) is 11.3 Å². The SMILES string of the molecule is O=C(O)[C@@H]1CCCN(C(=O)c2ccc(-c3ccccc3F)o2)C1. The van der Waals surface area contributed by atoms with Crippen LogP contribution in [0.2, 0.25) is 0 Å². The molecule has 0 radical (unpaired) electrons. The van der Waals surface area contributed by atoms with Gasteiger partial charge in [-0.15, -0.1) is 0 Å². The van der Waals surface area contributed by atoms with Crippen molar-refractivity contribution >= 4 is 11.9 Å². The van der Waals surface area contributed by atoms with E-state index in [0.29, 0.717) is 19.4 Å². The number of nitrogens with zero attached hydrogens (tertiary/aromatic N) is 1. The Hall–Kier alpha value is -2.63. The molecule has 1 atom stereocenters. The molecule has 0 bridgehead atoms. The van der Waals surface area contributed by atoms with E-state index < -0.39 is 17.7 Å². The third kappa shape index (κ3) is 3.11. The molecule has 120 valence electrons. The second-order valence-corrected chi connectivity index (χ2v) is 5.57. The Labute approximate surface area is 132 Å². The second-order valence-electron chi connectivity index (χ2n) is 5.57. The fourth-order valence-electron chi connectivity index (χ4n) is 2.78. The molecule has 1 fully saturated rings. The van der Waals surface area contributed by atoms with E-state index >= 15 is 0 Å². The summed E-state index contributed by atoms with van der Waals surface area (Å²) >= 11 is 0. The lowest BCUT2D eigenvalue weighted by Crippen LogP contribution is -2.42. The highest BCUT2D eigenvalue weighted by Gasteiger charge is 2.30. The molecule has 0 spiro atoms. The minimum absolute atomic E-state index is 0.0919. The molecule has 3 rings (SSSR count). The molecule has 0 aliphatic carbocycles. The van der Waals surface area contributed by atoms with Gasteiger partial charge in [0, 0.05) is 13.1 Å².